The van der Waals surface area contributed by atoms with Gasteiger partial charge in [0.25, 0.3) is 0 Å². The lowest BCUT2D eigenvalue weighted by atomic mass is 10.0. The van der Waals surface area contributed by atoms with Crippen molar-refractivity contribution in [3.63, 3.8) is 0 Å². The summed E-state index contributed by atoms with van der Waals surface area (Å²) in [5, 5.41) is 12.6. The number of hydrogen-bond donors (Lipinski definition) is 2. The van der Waals surface area contributed by atoms with Crippen LogP contribution in [0.2, 0.25) is 0 Å². The second-order valence-electron chi connectivity index (χ2n) is 7.54. The zero-order valence-corrected chi connectivity index (χ0v) is 17.1. The van der Waals surface area contributed by atoms with Gasteiger partial charge in [-0.05, 0) is 55.7 Å². The van der Waals surface area contributed by atoms with Crippen LogP contribution in [0.1, 0.15) is 37.9 Å². The van der Waals surface area contributed by atoms with Crippen molar-refractivity contribution in [3.05, 3.63) is 59.7 Å². The molecule has 28 heavy (non-hydrogen) atoms. The van der Waals surface area contributed by atoms with Crippen LogP contribution in [0.15, 0.2) is 48.5 Å². The lowest BCUT2D eigenvalue weighted by Crippen LogP contribution is -2.54. The predicted octanol–water partition coefficient (Wildman–Crippen LogP) is 3.34. The van der Waals surface area contributed by atoms with Crippen molar-refractivity contribution < 1.29 is 9.90 Å². The van der Waals surface area contributed by atoms with Crippen molar-refractivity contribution in [2.75, 3.05) is 31.1 Å². The third kappa shape index (κ3) is 4.84. The third-order valence-electron chi connectivity index (χ3n) is 5.70. The minimum atomic E-state index is -0.153. The van der Waals surface area contributed by atoms with E-state index in [1.54, 1.807) is 12.1 Å². The van der Waals surface area contributed by atoms with E-state index in [1.807, 2.05) is 26.0 Å². The number of nitrogens with zero attached hydrogens (tertiary/aromatic N) is 2. The van der Waals surface area contributed by atoms with Gasteiger partial charge in [0.1, 0.15) is 5.75 Å². The minimum absolute atomic E-state index is 0.000795. The van der Waals surface area contributed by atoms with E-state index < -0.39 is 0 Å². The van der Waals surface area contributed by atoms with Crippen molar-refractivity contribution in [1.82, 2.24) is 10.2 Å². The molecule has 150 valence electrons. The molecule has 1 amide bonds. The highest BCUT2D eigenvalue weighted by Gasteiger charge is 2.26. The molecule has 0 aromatic heterocycles. The number of nitrogens with one attached hydrogen (secondary N) is 1. The van der Waals surface area contributed by atoms with Crippen LogP contribution in [-0.2, 0) is 11.2 Å². The molecule has 2 aromatic rings. The molecule has 0 saturated carbocycles. The fraction of sp³-hybridized carbons (Fsp3) is 0.435. The molecule has 1 aliphatic heterocycles. The molecular formula is C23H31N3O2. The zero-order chi connectivity index (χ0) is 20.1. The van der Waals surface area contributed by atoms with E-state index >= 15 is 0 Å². The molecule has 2 N–H and O–H groups in total. The van der Waals surface area contributed by atoms with E-state index in [9.17, 15) is 9.90 Å². The Kier molecular flexibility index (Phi) is 6.57. The molecule has 2 unspecified atom stereocenters. The molecule has 5 heteroatoms. The highest BCUT2D eigenvalue weighted by molar-refractivity contribution is 5.81. The highest BCUT2D eigenvalue weighted by atomic mass is 16.3. The Bertz CT molecular complexity index is 765. The molecule has 0 bridgehead atoms. The monoisotopic (exact) mass is 381 g/mol. The second kappa shape index (κ2) is 9.11. The van der Waals surface area contributed by atoms with E-state index in [2.05, 4.69) is 46.3 Å². The lowest BCUT2D eigenvalue weighted by Gasteiger charge is -2.38. The van der Waals surface area contributed by atoms with E-state index in [4.69, 9.17) is 0 Å². The summed E-state index contributed by atoms with van der Waals surface area (Å²) in [5.74, 6) is 0.358. The predicted molar refractivity (Wildman–Crippen MR) is 114 cm³/mol. The van der Waals surface area contributed by atoms with Crippen LogP contribution in [0.4, 0.5) is 5.69 Å². The van der Waals surface area contributed by atoms with Crippen LogP contribution in [0.25, 0.3) is 0 Å². The number of aromatic hydroxyl groups is 1. The maximum atomic E-state index is 12.7. The normalized spacial score (nSPS) is 17.2. The Hall–Kier alpha value is -2.53. The highest BCUT2D eigenvalue weighted by Crippen LogP contribution is 2.21. The van der Waals surface area contributed by atoms with Crippen molar-refractivity contribution in [3.8, 4) is 5.75 Å². The van der Waals surface area contributed by atoms with Gasteiger partial charge in [0, 0.05) is 31.9 Å². The largest absolute Gasteiger partial charge is 0.508 e. The van der Waals surface area contributed by atoms with Crippen LogP contribution in [0.5, 0.6) is 5.75 Å². The number of carbonyl (C=O) groups is 1. The number of carbonyl (C=O) groups excluding carboxylic acids is 1. The Balaban J connectivity index is 1.51. The quantitative estimate of drug-likeness (QED) is 0.806. The van der Waals surface area contributed by atoms with Crippen LogP contribution >= 0.6 is 0 Å². The number of anilines is 1. The van der Waals surface area contributed by atoms with Crippen LogP contribution in [0.3, 0.4) is 0 Å². The van der Waals surface area contributed by atoms with Gasteiger partial charge in [0.2, 0.25) is 5.91 Å². The molecule has 1 aliphatic rings. The minimum Gasteiger partial charge on any atom is -0.508 e. The molecule has 0 radical (unpaired) electrons. The number of aryl methyl sites for hydroxylation is 1. The van der Waals surface area contributed by atoms with Crippen molar-refractivity contribution in [2.24, 2.45) is 0 Å². The third-order valence-corrected chi connectivity index (χ3v) is 5.70. The van der Waals surface area contributed by atoms with E-state index in [0.717, 1.165) is 43.9 Å². The van der Waals surface area contributed by atoms with Gasteiger partial charge in [-0.1, -0.05) is 31.2 Å². The summed E-state index contributed by atoms with van der Waals surface area (Å²) in [6.45, 7) is 9.59. The molecule has 1 fully saturated rings. The summed E-state index contributed by atoms with van der Waals surface area (Å²) in [7, 11) is 0. The Morgan fingerprint density at radius 1 is 1.00 bits per heavy atom. The number of rotatable bonds is 6. The lowest BCUT2D eigenvalue weighted by molar-refractivity contribution is -0.126. The van der Waals surface area contributed by atoms with Crippen molar-refractivity contribution in [1.29, 1.82) is 0 Å². The van der Waals surface area contributed by atoms with Gasteiger partial charge >= 0.3 is 0 Å². The van der Waals surface area contributed by atoms with Gasteiger partial charge in [0.05, 0.1) is 12.1 Å². The van der Waals surface area contributed by atoms with Crippen LogP contribution in [-0.4, -0.2) is 48.1 Å². The second-order valence-corrected chi connectivity index (χ2v) is 7.54. The molecule has 0 spiro atoms. The first-order valence-electron chi connectivity index (χ1n) is 10.1. The number of benzene rings is 2. The Labute approximate surface area is 168 Å². The van der Waals surface area contributed by atoms with Gasteiger partial charge < -0.3 is 15.3 Å². The van der Waals surface area contributed by atoms with Gasteiger partial charge in [-0.2, -0.15) is 0 Å². The number of piperazine rings is 1. The Morgan fingerprint density at radius 3 is 2.18 bits per heavy atom. The molecule has 1 heterocycles. The zero-order valence-electron chi connectivity index (χ0n) is 17.1. The summed E-state index contributed by atoms with van der Waals surface area (Å²) < 4.78 is 0. The standard InChI is InChI=1S/C23H31N3O2/c1-4-19-5-7-20(8-6-19)17(2)24-23(28)18(3)25-13-15-26(16-14-25)21-9-11-22(27)12-10-21/h5-12,17-18,27H,4,13-16H2,1-3H3,(H,24,28). The first kappa shape index (κ1) is 20.2. The van der Waals surface area contributed by atoms with E-state index in [1.165, 1.54) is 5.56 Å². The number of hydrogen-bond acceptors (Lipinski definition) is 4. The molecule has 0 aliphatic carbocycles. The first-order valence-corrected chi connectivity index (χ1v) is 10.1. The smallest absolute Gasteiger partial charge is 0.237 e. The fourth-order valence-corrected chi connectivity index (χ4v) is 3.66. The maximum absolute atomic E-state index is 12.7. The topological polar surface area (TPSA) is 55.8 Å². The first-order chi connectivity index (χ1) is 13.5. The summed E-state index contributed by atoms with van der Waals surface area (Å²) in [5.41, 5.74) is 3.55. The number of phenolic OH excluding ortho intramolecular Hbond substituents is 1. The molecular weight excluding hydrogens is 350 g/mol. The molecule has 2 atom stereocenters. The number of amides is 1. The fourth-order valence-electron chi connectivity index (χ4n) is 3.66. The van der Waals surface area contributed by atoms with Crippen LogP contribution in [0, 0.1) is 0 Å². The van der Waals surface area contributed by atoms with Gasteiger partial charge in [-0.25, -0.2) is 0 Å². The van der Waals surface area contributed by atoms with E-state index in [-0.39, 0.29) is 23.7 Å². The molecule has 5 nitrogen and oxygen atoms in total. The number of phenols is 1. The van der Waals surface area contributed by atoms with Crippen LogP contribution < -0.4 is 10.2 Å². The van der Waals surface area contributed by atoms with Crippen molar-refractivity contribution in [2.45, 2.75) is 39.3 Å². The SMILES string of the molecule is CCc1ccc(C(C)NC(=O)C(C)N2CCN(c3ccc(O)cc3)CC2)cc1. The summed E-state index contributed by atoms with van der Waals surface area (Å²) in [6.07, 6.45) is 1.02. The van der Waals surface area contributed by atoms with Gasteiger partial charge in [-0.3, -0.25) is 9.69 Å². The molecule has 3 rings (SSSR count). The van der Waals surface area contributed by atoms with Gasteiger partial charge in [-0.15, -0.1) is 0 Å². The maximum Gasteiger partial charge on any atom is 0.237 e. The summed E-state index contributed by atoms with van der Waals surface area (Å²) >= 11 is 0. The van der Waals surface area contributed by atoms with E-state index in [0.29, 0.717) is 0 Å². The van der Waals surface area contributed by atoms with Crippen molar-refractivity contribution >= 4 is 11.6 Å². The average molecular weight is 382 g/mol. The Morgan fingerprint density at radius 2 is 1.61 bits per heavy atom. The summed E-state index contributed by atoms with van der Waals surface area (Å²) in [6, 6.07) is 15.6. The average Bonchev–Trinajstić information content (AvgIpc) is 2.74. The molecule has 2 aromatic carbocycles. The van der Waals surface area contributed by atoms with Gasteiger partial charge in [0.15, 0.2) is 0 Å². The summed E-state index contributed by atoms with van der Waals surface area (Å²) in [4.78, 5) is 17.3. The molecule has 1 saturated heterocycles.